The molecule has 1 aromatic rings. The minimum absolute atomic E-state index is 0.0363. The van der Waals surface area contributed by atoms with Crippen LogP contribution >= 0.6 is 23.2 Å². The quantitative estimate of drug-likeness (QED) is 0.843. The largest absolute Gasteiger partial charge is 0.339 e. The molecule has 0 atom stereocenters. The molecule has 6 heteroatoms. The standard InChI is InChI=1S/C17H22Cl2N2O2/c1-12(22)21(14-5-3-2-4-6-14)10-9-17(23)20-16-8-7-13(18)11-15(16)19/h7-8,11,14H,2-6,9-10H2,1H3,(H,20,23). The van der Waals surface area contributed by atoms with Gasteiger partial charge in [-0.15, -0.1) is 0 Å². The zero-order valence-corrected chi connectivity index (χ0v) is 14.8. The molecule has 0 spiro atoms. The van der Waals surface area contributed by atoms with Gasteiger partial charge in [0.05, 0.1) is 10.7 Å². The molecule has 1 aliphatic rings. The minimum Gasteiger partial charge on any atom is -0.339 e. The highest BCUT2D eigenvalue weighted by Crippen LogP contribution is 2.26. The van der Waals surface area contributed by atoms with E-state index in [-0.39, 0.29) is 24.3 Å². The Hall–Kier alpha value is -1.26. The van der Waals surface area contributed by atoms with Gasteiger partial charge in [-0.2, -0.15) is 0 Å². The number of rotatable bonds is 5. The number of amides is 2. The molecule has 2 amide bonds. The summed E-state index contributed by atoms with van der Waals surface area (Å²) < 4.78 is 0. The number of nitrogens with one attached hydrogen (secondary N) is 1. The second-order valence-corrected chi connectivity index (χ2v) is 6.77. The number of carbonyl (C=O) groups excluding carboxylic acids is 2. The SMILES string of the molecule is CC(=O)N(CCC(=O)Nc1ccc(Cl)cc1Cl)C1CCCCC1. The van der Waals surface area contributed by atoms with Crippen molar-refractivity contribution in [3.05, 3.63) is 28.2 Å². The molecule has 1 saturated carbocycles. The molecule has 0 aliphatic heterocycles. The molecule has 1 aliphatic carbocycles. The van der Waals surface area contributed by atoms with Crippen molar-refractivity contribution in [3.63, 3.8) is 0 Å². The molecule has 2 rings (SSSR count). The Labute approximate surface area is 147 Å². The summed E-state index contributed by atoms with van der Waals surface area (Å²) in [6.07, 6.45) is 5.86. The first-order valence-corrected chi connectivity index (χ1v) is 8.75. The summed E-state index contributed by atoms with van der Waals surface area (Å²) in [6, 6.07) is 5.20. The Kier molecular flexibility index (Phi) is 6.72. The Morgan fingerprint density at radius 3 is 2.52 bits per heavy atom. The van der Waals surface area contributed by atoms with Gasteiger partial charge in [-0.3, -0.25) is 9.59 Å². The molecule has 0 saturated heterocycles. The van der Waals surface area contributed by atoms with E-state index in [0.29, 0.717) is 22.3 Å². The fourth-order valence-electron chi connectivity index (χ4n) is 3.02. The second-order valence-electron chi connectivity index (χ2n) is 5.93. The molecule has 1 N–H and O–H groups in total. The van der Waals surface area contributed by atoms with Gasteiger partial charge in [0.1, 0.15) is 0 Å². The number of hydrogen-bond donors (Lipinski definition) is 1. The van der Waals surface area contributed by atoms with Crippen LogP contribution in [-0.4, -0.2) is 29.3 Å². The van der Waals surface area contributed by atoms with Crippen molar-refractivity contribution in [2.75, 3.05) is 11.9 Å². The topological polar surface area (TPSA) is 49.4 Å². The summed E-state index contributed by atoms with van der Waals surface area (Å²) in [4.78, 5) is 25.8. The van der Waals surface area contributed by atoms with Crippen LogP contribution in [-0.2, 0) is 9.59 Å². The third-order valence-electron chi connectivity index (χ3n) is 4.20. The summed E-state index contributed by atoms with van der Waals surface area (Å²) >= 11 is 11.9. The summed E-state index contributed by atoms with van der Waals surface area (Å²) in [6.45, 7) is 2.01. The highest BCUT2D eigenvalue weighted by molar-refractivity contribution is 6.36. The predicted molar refractivity (Wildman–Crippen MR) is 94.0 cm³/mol. The number of hydrogen-bond acceptors (Lipinski definition) is 2. The second kappa shape index (κ2) is 8.55. The molecular formula is C17H22Cl2N2O2. The van der Waals surface area contributed by atoms with Crippen molar-refractivity contribution in [1.82, 2.24) is 4.90 Å². The van der Waals surface area contributed by atoms with E-state index in [0.717, 1.165) is 25.7 Å². The van der Waals surface area contributed by atoms with Crippen molar-refractivity contribution in [2.45, 2.75) is 51.5 Å². The lowest BCUT2D eigenvalue weighted by Crippen LogP contribution is -2.41. The van der Waals surface area contributed by atoms with E-state index in [1.165, 1.54) is 6.42 Å². The van der Waals surface area contributed by atoms with Crippen LogP contribution in [0.4, 0.5) is 5.69 Å². The Balaban J connectivity index is 1.89. The van der Waals surface area contributed by atoms with E-state index in [2.05, 4.69) is 5.32 Å². The third-order valence-corrected chi connectivity index (χ3v) is 4.75. The van der Waals surface area contributed by atoms with Gasteiger partial charge in [-0.05, 0) is 31.0 Å². The van der Waals surface area contributed by atoms with E-state index in [4.69, 9.17) is 23.2 Å². The maximum Gasteiger partial charge on any atom is 0.226 e. The highest BCUT2D eigenvalue weighted by atomic mass is 35.5. The van der Waals surface area contributed by atoms with Crippen LogP contribution in [0.2, 0.25) is 10.0 Å². The predicted octanol–water partition coefficient (Wildman–Crippen LogP) is 4.50. The number of halogens is 2. The third kappa shape index (κ3) is 5.40. The summed E-state index contributed by atoms with van der Waals surface area (Å²) in [5.41, 5.74) is 0.535. The first-order chi connectivity index (χ1) is 11.0. The normalized spacial score (nSPS) is 15.3. The van der Waals surface area contributed by atoms with Gasteiger partial charge < -0.3 is 10.2 Å². The Morgan fingerprint density at radius 2 is 1.91 bits per heavy atom. The van der Waals surface area contributed by atoms with Crippen LogP contribution < -0.4 is 5.32 Å². The van der Waals surface area contributed by atoms with Crippen LogP contribution in [0, 0.1) is 0 Å². The van der Waals surface area contributed by atoms with Crippen molar-refractivity contribution in [2.24, 2.45) is 0 Å². The number of anilines is 1. The van der Waals surface area contributed by atoms with Crippen molar-refractivity contribution in [3.8, 4) is 0 Å². The maximum absolute atomic E-state index is 12.1. The van der Waals surface area contributed by atoms with Crippen molar-refractivity contribution in [1.29, 1.82) is 0 Å². The van der Waals surface area contributed by atoms with Crippen LogP contribution in [0.1, 0.15) is 45.4 Å². The molecule has 0 radical (unpaired) electrons. The van der Waals surface area contributed by atoms with Gasteiger partial charge in [-0.25, -0.2) is 0 Å². The van der Waals surface area contributed by atoms with Gasteiger partial charge in [-0.1, -0.05) is 42.5 Å². The smallest absolute Gasteiger partial charge is 0.226 e. The molecule has 0 bridgehead atoms. The van der Waals surface area contributed by atoms with Gasteiger partial charge in [0.2, 0.25) is 11.8 Å². The fraction of sp³-hybridized carbons (Fsp3) is 0.529. The molecule has 1 aromatic carbocycles. The van der Waals surface area contributed by atoms with Crippen LogP contribution in [0.15, 0.2) is 18.2 Å². The number of carbonyl (C=O) groups is 2. The summed E-state index contributed by atoms with van der Waals surface area (Å²) in [5.74, 6) is -0.120. The molecule has 126 valence electrons. The van der Waals surface area contributed by atoms with Crippen LogP contribution in [0.3, 0.4) is 0 Å². The van der Waals surface area contributed by atoms with Crippen LogP contribution in [0.25, 0.3) is 0 Å². The maximum atomic E-state index is 12.1. The monoisotopic (exact) mass is 356 g/mol. The molecule has 0 unspecified atom stereocenters. The van der Waals surface area contributed by atoms with Crippen molar-refractivity contribution >= 4 is 40.7 Å². The number of nitrogens with zero attached hydrogens (tertiary/aromatic N) is 1. The number of benzene rings is 1. The Bertz CT molecular complexity index is 572. The highest BCUT2D eigenvalue weighted by Gasteiger charge is 2.23. The van der Waals surface area contributed by atoms with Gasteiger partial charge in [0, 0.05) is 31.0 Å². The molecular weight excluding hydrogens is 335 g/mol. The van der Waals surface area contributed by atoms with E-state index in [1.807, 2.05) is 4.90 Å². The summed E-state index contributed by atoms with van der Waals surface area (Å²) in [5, 5.41) is 3.69. The van der Waals surface area contributed by atoms with E-state index in [1.54, 1.807) is 25.1 Å². The Morgan fingerprint density at radius 1 is 1.22 bits per heavy atom. The van der Waals surface area contributed by atoms with Crippen LogP contribution in [0.5, 0.6) is 0 Å². The van der Waals surface area contributed by atoms with E-state index in [9.17, 15) is 9.59 Å². The van der Waals surface area contributed by atoms with E-state index >= 15 is 0 Å². The van der Waals surface area contributed by atoms with Gasteiger partial charge in [0.15, 0.2) is 0 Å². The van der Waals surface area contributed by atoms with Crippen molar-refractivity contribution < 1.29 is 9.59 Å². The zero-order chi connectivity index (χ0) is 16.8. The van der Waals surface area contributed by atoms with Gasteiger partial charge >= 0.3 is 0 Å². The zero-order valence-electron chi connectivity index (χ0n) is 13.3. The molecule has 1 fully saturated rings. The summed E-state index contributed by atoms with van der Waals surface area (Å²) in [7, 11) is 0. The molecule has 0 aromatic heterocycles. The minimum atomic E-state index is -0.156. The fourth-order valence-corrected chi connectivity index (χ4v) is 3.47. The average Bonchev–Trinajstić information content (AvgIpc) is 2.51. The molecule has 4 nitrogen and oxygen atoms in total. The van der Waals surface area contributed by atoms with Gasteiger partial charge in [0.25, 0.3) is 0 Å². The first kappa shape index (κ1) is 18.1. The first-order valence-electron chi connectivity index (χ1n) is 7.99. The lowest BCUT2D eigenvalue weighted by atomic mass is 9.94. The molecule has 23 heavy (non-hydrogen) atoms. The lowest BCUT2D eigenvalue weighted by Gasteiger charge is -2.33. The molecule has 0 heterocycles. The lowest BCUT2D eigenvalue weighted by molar-refractivity contribution is -0.132. The average molecular weight is 357 g/mol. The van der Waals surface area contributed by atoms with E-state index < -0.39 is 0 Å².